The van der Waals surface area contributed by atoms with E-state index in [1.54, 1.807) is 24.4 Å². The summed E-state index contributed by atoms with van der Waals surface area (Å²) in [5.74, 6) is 0.228. The van der Waals surface area contributed by atoms with Crippen LogP contribution in [0.25, 0.3) is 16.6 Å². The van der Waals surface area contributed by atoms with E-state index in [4.69, 9.17) is 30.2 Å². The number of halogens is 1. The van der Waals surface area contributed by atoms with E-state index < -0.39 is 26.7 Å². The number of aromatic nitrogens is 3. The summed E-state index contributed by atoms with van der Waals surface area (Å²) in [6.07, 6.45) is 6.74. The molecule has 0 saturated carbocycles. The van der Waals surface area contributed by atoms with Crippen molar-refractivity contribution in [2.45, 2.75) is 71.4 Å². The lowest BCUT2D eigenvalue weighted by Gasteiger charge is -2.29. The summed E-state index contributed by atoms with van der Waals surface area (Å²) in [7, 11) is -2.77. The Hall–Kier alpha value is -4.20. The lowest BCUT2D eigenvalue weighted by Crippen LogP contribution is -2.45. The number of carbonyl (C=O) groups excluding carboxylic acids is 1. The number of nitriles is 1. The van der Waals surface area contributed by atoms with E-state index in [1.807, 2.05) is 50.5 Å². The number of hydrogen-bond acceptors (Lipinski definition) is 11. The molecule has 1 amide bonds. The molecule has 0 aliphatic carbocycles. The standard InChI is InChI=1S/C37H47FN8O4S2/c1-36(2,12-16-50-37(3,4)24-40)44-34(47)27-8-9-30-31(19-27)46(15-17-52(5,41)48)33(43-30)22-45-13-10-26(11-14-45)32-21-42-35(51-32)49-23-28-7-6-25(20-39)18-29(28)38/h6-10,18-19,21,41H,11-17,22-24,40H2,1-5H3,(H,44,47). The number of thiazole rings is 1. The number of aryl methyl sites for hydroxylation is 1. The van der Waals surface area contributed by atoms with Gasteiger partial charge in [0.1, 0.15) is 18.2 Å². The molecule has 0 spiro atoms. The molecule has 4 N–H and O–H groups in total. The van der Waals surface area contributed by atoms with Gasteiger partial charge in [-0.1, -0.05) is 23.5 Å². The van der Waals surface area contributed by atoms with Crippen molar-refractivity contribution in [3.63, 3.8) is 0 Å². The minimum atomic E-state index is -2.77. The van der Waals surface area contributed by atoms with Crippen molar-refractivity contribution < 1.29 is 22.9 Å². The van der Waals surface area contributed by atoms with Crippen LogP contribution < -0.4 is 15.8 Å². The first kappa shape index (κ1) is 39.0. The van der Waals surface area contributed by atoms with Crippen LogP contribution in [-0.4, -0.2) is 78.9 Å². The number of nitrogens with two attached hydrogens (primary N) is 1. The fourth-order valence-electron chi connectivity index (χ4n) is 5.66. The number of benzene rings is 2. The largest absolute Gasteiger partial charge is 0.465 e. The molecule has 4 aromatic rings. The van der Waals surface area contributed by atoms with E-state index in [-0.39, 0.29) is 23.8 Å². The molecule has 0 bridgehead atoms. The zero-order chi connectivity index (χ0) is 37.7. The van der Waals surface area contributed by atoms with Gasteiger partial charge >= 0.3 is 0 Å². The van der Waals surface area contributed by atoms with Gasteiger partial charge in [0.25, 0.3) is 11.1 Å². The second-order valence-corrected chi connectivity index (χ2v) is 17.8. The van der Waals surface area contributed by atoms with Crippen LogP contribution in [0.2, 0.25) is 0 Å². The van der Waals surface area contributed by atoms with Gasteiger partial charge in [-0.3, -0.25) is 18.7 Å². The summed E-state index contributed by atoms with van der Waals surface area (Å²) in [4.78, 5) is 26.0. The third-order valence-corrected chi connectivity index (χ3v) is 10.9. The van der Waals surface area contributed by atoms with Crippen LogP contribution in [0.4, 0.5) is 4.39 Å². The smallest absolute Gasteiger partial charge is 0.274 e. The third-order valence-electron chi connectivity index (χ3n) is 8.95. The molecule has 52 heavy (non-hydrogen) atoms. The molecule has 278 valence electrons. The van der Waals surface area contributed by atoms with Gasteiger partial charge < -0.3 is 25.1 Å². The van der Waals surface area contributed by atoms with E-state index in [2.05, 4.69) is 21.3 Å². The van der Waals surface area contributed by atoms with Crippen LogP contribution in [0.15, 0.2) is 48.7 Å². The van der Waals surface area contributed by atoms with E-state index in [0.717, 1.165) is 40.3 Å². The van der Waals surface area contributed by atoms with Crippen LogP contribution in [0.1, 0.15) is 72.7 Å². The van der Waals surface area contributed by atoms with E-state index in [1.165, 1.54) is 23.7 Å². The maximum Gasteiger partial charge on any atom is 0.274 e. The van der Waals surface area contributed by atoms with Crippen molar-refractivity contribution in [1.82, 2.24) is 24.8 Å². The zero-order valence-corrected chi connectivity index (χ0v) is 32.0. The van der Waals surface area contributed by atoms with Gasteiger partial charge in [0.05, 0.1) is 39.7 Å². The Balaban J connectivity index is 1.26. The summed E-state index contributed by atoms with van der Waals surface area (Å²) < 4.78 is 48.4. The number of fused-ring (bicyclic) bond motifs is 1. The molecule has 12 nitrogen and oxygen atoms in total. The Bertz CT molecular complexity index is 2100. The highest BCUT2D eigenvalue weighted by atomic mass is 32.2. The Kier molecular flexibility index (Phi) is 12.2. The summed E-state index contributed by atoms with van der Waals surface area (Å²) in [6, 6.07) is 11.6. The highest BCUT2D eigenvalue weighted by molar-refractivity contribution is 7.91. The number of imidazole rings is 1. The Labute approximate surface area is 308 Å². The topological polar surface area (TPSA) is 172 Å². The number of rotatable bonds is 16. The molecular weight excluding hydrogens is 704 g/mol. The second-order valence-electron chi connectivity index (χ2n) is 14.4. The molecular formula is C37H47FN8O4S2. The molecule has 0 saturated heterocycles. The van der Waals surface area contributed by atoms with Crippen molar-refractivity contribution in [2.75, 3.05) is 38.2 Å². The second kappa shape index (κ2) is 16.2. The van der Waals surface area contributed by atoms with Crippen LogP contribution in [-0.2, 0) is 34.2 Å². The van der Waals surface area contributed by atoms with Crippen LogP contribution in [0.3, 0.4) is 0 Å². The van der Waals surface area contributed by atoms with Gasteiger partial charge in [-0.15, -0.1) is 0 Å². The molecule has 1 unspecified atom stereocenters. The van der Waals surface area contributed by atoms with Gasteiger partial charge in [-0.25, -0.2) is 14.4 Å². The number of nitrogens with zero attached hydrogens (tertiary/aromatic N) is 5. The fraction of sp³-hybridized carbons (Fsp3) is 0.459. The van der Waals surface area contributed by atoms with Gasteiger partial charge in [0, 0.05) is 77.4 Å². The van der Waals surface area contributed by atoms with E-state index in [0.29, 0.717) is 55.5 Å². The summed E-state index contributed by atoms with van der Waals surface area (Å²) in [5.41, 5.74) is 8.54. The Morgan fingerprint density at radius 2 is 2.02 bits per heavy atom. The Morgan fingerprint density at radius 3 is 2.69 bits per heavy atom. The molecule has 5 rings (SSSR count). The third kappa shape index (κ3) is 10.4. The summed E-state index contributed by atoms with van der Waals surface area (Å²) in [5, 5.41) is 12.5. The van der Waals surface area contributed by atoms with Crippen molar-refractivity contribution in [1.29, 1.82) is 10.0 Å². The molecule has 1 aliphatic heterocycles. The van der Waals surface area contributed by atoms with Crippen molar-refractivity contribution >= 4 is 43.6 Å². The maximum absolute atomic E-state index is 14.3. The predicted molar refractivity (Wildman–Crippen MR) is 202 cm³/mol. The highest BCUT2D eigenvalue weighted by Crippen LogP contribution is 2.32. The lowest BCUT2D eigenvalue weighted by atomic mass is 10.00. The maximum atomic E-state index is 14.3. The van der Waals surface area contributed by atoms with Crippen molar-refractivity contribution in [3.8, 4) is 11.3 Å². The molecule has 15 heteroatoms. The van der Waals surface area contributed by atoms with Crippen LogP contribution in [0, 0.1) is 21.9 Å². The van der Waals surface area contributed by atoms with Gasteiger partial charge in [-0.05, 0) is 76.4 Å². The fourth-order valence-corrected chi connectivity index (χ4v) is 7.02. The minimum absolute atomic E-state index is 0.0132. The normalized spacial score (nSPS) is 15.2. The van der Waals surface area contributed by atoms with Gasteiger partial charge in [0.15, 0.2) is 0 Å². The molecule has 0 radical (unpaired) electrons. The molecule has 2 aromatic heterocycles. The molecule has 1 atom stereocenters. The summed E-state index contributed by atoms with van der Waals surface area (Å²) in [6.45, 7) is 10.9. The van der Waals surface area contributed by atoms with Gasteiger partial charge in [0.2, 0.25) is 0 Å². The van der Waals surface area contributed by atoms with E-state index >= 15 is 0 Å². The summed E-state index contributed by atoms with van der Waals surface area (Å²) >= 11 is 1.40. The molecule has 2 aromatic carbocycles. The Morgan fingerprint density at radius 1 is 1.23 bits per heavy atom. The van der Waals surface area contributed by atoms with Crippen molar-refractivity contribution in [2.24, 2.45) is 5.73 Å². The predicted octanol–water partition coefficient (Wildman–Crippen LogP) is 5.70. The monoisotopic (exact) mass is 750 g/mol. The van der Waals surface area contributed by atoms with Crippen molar-refractivity contribution in [3.05, 3.63) is 81.9 Å². The number of amides is 1. The molecule has 0 fully saturated rings. The number of hydrogen-bond donors (Lipinski definition) is 3. The first-order chi connectivity index (χ1) is 24.5. The highest BCUT2D eigenvalue weighted by Gasteiger charge is 2.25. The SMILES string of the molecule is CC(C)(CCOC(C)(C)CN)NC(=O)c1ccc2nc(CN3CC=C(c4cnc(OCc5ccc(C#N)cc5F)s4)CC3)n(CCS(C)(=N)=O)c2c1. The first-order valence-corrected chi connectivity index (χ1v) is 20.1. The van der Waals surface area contributed by atoms with Crippen LogP contribution >= 0.6 is 11.3 Å². The number of nitrogens with one attached hydrogen (secondary N) is 2. The first-order valence-electron chi connectivity index (χ1n) is 17.1. The lowest BCUT2D eigenvalue weighted by molar-refractivity contribution is -0.0181. The average molecular weight is 751 g/mol. The number of carbonyl (C=O) groups is 1. The quantitative estimate of drug-likeness (QED) is 0.130. The van der Waals surface area contributed by atoms with Crippen LogP contribution in [0.5, 0.6) is 5.19 Å². The minimum Gasteiger partial charge on any atom is -0.465 e. The average Bonchev–Trinajstić information content (AvgIpc) is 3.70. The molecule has 1 aliphatic rings. The zero-order valence-electron chi connectivity index (χ0n) is 30.3. The van der Waals surface area contributed by atoms with E-state index in [9.17, 15) is 13.4 Å². The molecule has 3 heterocycles. The number of ether oxygens (including phenoxy) is 2. The van der Waals surface area contributed by atoms with Gasteiger partial charge in [-0.2, -0.15) is 5.26 Å².